The first-order valence-electron chi connectivity index (χ1n) is 19.4. The summed E-state index contributed by atoms with van der Waals surface area (Å²) < 4.78 is 62.8. The minimum Gasteiger partial charge on any atom is -0.456 e. The van der Waals surface area contributed by atoms with Gasteiger partial charge >= 0.3 is 0 Å². The van der Waals surface area contributed by atoms with Gasteiger partial charge in [-0.3, -0.25) is 0 Å². The van der Waals surface area contributed by atoms with Crippen LogP contribution < -0.4 is 0 Å². The third-order valence-electron chi connectivity index (χ3n) is 9.62. The van der Waals surface area contributed by atoms with Crippen molar-refractivity contribution in [3.8, 4) is 44.5 Å². The van der Waals surface area contributed by atoms with Gasteiger partial charge in [0.05, 0.1) is 8.22 Å². The summed E-state index contributed by atoms with van der Waals surface area (Å²) in [4.78, 5) is 0. The van der Waals surface area contributed by atoms with E-state index in [2.05, 4.69) is 30.3 Å². The topological polar surface area (TPSA) is 13.1 Å². The summed E-state index contributed by atoms with van der Waals surface area (Å²) in [6, 6.07) is 46.2. The second-order valence-corrected chi connectivity index (χ2v) is 12.3. The summed E-state index contributed by atoms with van der Waals surface area (Å²) in [5.41, 5.74) is 7.11. The van der Waals surface area contributed by atoms with Crippen molar-refractivity contribution in [1.82, 2.24) is 0 Å². The van der Waals surface area contributed by atoms with Gasteiger partial charge < -0.3 is 4.42 Å². The molecule has 0 unspecified atom stereocenters. The first-order valence-corrected chi connectivity index (χ1v) is 16.4. The van der Waals surface area contributed by atoms with Crippen LogP contribution in [0.25, 0.3) is 98.8 Å². The normalized spacial score (nSPS) is 13.4. The molecule has 0 N–H and O–H groups in total. The smallest absolute Gasteiger partial charge is 0.136 e. The Balaban J connectivity index is 1.37. The summed E-state index contributed by atoms with van der Waals surface area (Å²) in [6.45, 7) is 0. The molecule has 0 fully saturated rings. The molecule has 49 heavy (non-hydrogen) atoms. The zero-order valence-corrected chi connectivity index (χ0v) is 26.3. The van der Waals surface area contributed by atoms with Crippen LogP contribution in [-0.4, -0.2) is 0 Å². The SMILES string of the molecule is [2H]c1c([2H])c([2H])c2c(-c3cccc4oc5ccc(-c6ccccc6)cc5c34)c([2H])c([2H])c(-c3c4ccccc4c(-c4ccccc4)c4ccccc34)c2c1[2H]. The zero-order chi connectivity index (χ0) is 37.5. The Labute approximate surface area is 292 Å². The van der Waals surface area contributed by atoms with Crippen molar-refractivity contribution >= 4 is 54.3 Å². The molecule has 1 aromatic heterocycles. The standard InChI is InChI=1S/C48H30O/c1-3-14-31(15-4-1)33-26-29-44-43(30-33)48-37(24-13-25-45(48)49-44)36-27-28-42(35-19-8-7-18-34(35)36)47-40-22-11-9-20-38(40)46(32-16-5-2-6-17-32)39-21-10-12-23-41(39)47/h1-30H/i7D,8D,18D,19D,27D,28D. The lowest BCUT2D eigenvalue weighted by Crippen LogP contribution is -1.92. The van der Waals surface area contributed by atoms with Gasteiger partial charge in [-0.25, -0.2) is 0 Å². The fourth-order valence-electron chi connectivity index (χ4n) is 7.49. The molecule has 0 aliphatic carbocycles. The maximum absolute atomic E-state index is 9.88. The van der Waals surface area contributed by atoms with E-state index in [1.807, 2.05) is 115 Å². The number of benzene rings is 9. The van der Waals surface area contributed by atoms with Crippen molar-refractivity contribution in [1.29, 1.82) is 0 Å². The fourth-order valence-corrected chi connectivity index (χ4v) is 7.49. The summed E-state index contributed by atoms with van der Waals surface area (Å²) >= 11 is 0. The van der Waals surface area contributed by atoms with E-state index in [0.29, 0.717) is 33.2 Å². The van der Waals surface area contributed by atoms with E-state index in [1.165, 1.54) is 0 Å². The van der Waals surface area contributed by atoms with Gasteiger partial charge in [-0.1, -0.05) is 164 Å². The molecule has 1 heterocycles. The second-order valence-electron chi connectivity index (χ2n) is 12.3. The average molecular weight is 629 g/mol. The van der Waals surface area contributed by atoms with Crippen molar-refractivity contribution in [2.75, 3.05) is 0 Å². The third kappa shape index (κ3) is 4.33. The molecule has 0 amide bonds. The van der Waals surface area contributed by atoms with Crippen molar-refractivity contribution < 1.29 is 12.6 Å². The first-order chi connectivity index (χ1) is 26.8. The second kappa shape index (κ2) is 11.1. The molecule has 10 aromatic rings. The number of fused-ring (bicyclic) bond motifs is 6. The highest BCUT2D eigenvalue weighted by Gasteiger charge is 2.20. The highest BCUT2D eigenvalue weighted by atomic mass is 16.3. The van der Waals surface area contributed by atoms with Crippen LogP contribution in [0.1, 0.15) is 8.22 Å². The van der Waals surface area contributed by atoms with Gasteiger partial charge in [0.15, 0.2) is 0 Å². The van der Waals surface area contributed by atoms with Gasteiger partial charge in [0.1, 0.15) is 11.2 Å². The average Bonchev–Trinajstić information content (AvgIpc) is 3.61. The molecule has 0 saturated heterocycles. The van der Waals surface area contributed by atoms with Crippen LogP contribution in [-0.2, 0) is 0 Å². The molecule has 0 atom stereocenters. The Hall–Kier alpha value is -6.44. The van der Waals surface area contributed by atoms with Crippen molar-refractivity contribution in [3.63, 3.8) is 0 Å². The summed E-state index contributed by atoms with van der Waals surface area (Å²) in [7, 11) is 0. The molecule has 9 aromatic carbocycles. The summed E-state index contributed by atoms with van der Waals surface area (Å²) in [5, 5.41) is 5.46. The van der Waals surface area contributed by atoms with Gasteiger partial charge in [0.25, 0.3) is 0 Å². The highest BCUT2D eigenvalue weighted by molar-refractivity contribution is 6.25. The van der Waals surface area contributed by atoms with Crippen LogP contribution in [0, 0.1) is 0 Å². The van der Waals surface area contributed by atoms with Crippen LogP contribution in [0.3, 0.4) is 0 Å². The quantitative estimate of drug-likeness (QED) is 0.177. The van der Waals surface area contributed by atoms with Crippen LogP contribution >= 0.6 is 0 Å². The maximum atomic E-state index is 9.88. The van der Waals surface area contributed by atoms with Gasteiger partial charge in [-0.2, -0.15) is 0 Å². The fraction of sp³-hybridized carbons (Fsp3) is 0. The minimum atomic E-state index is -0.397. The Bertz CT molecular complexity index is 3150. The predicted molar refractivity (Wildman–Crippen MR) is 208 cm³/mol. The van der Waals surface area contributed by atoms with Crippen molar-refractivity contribution in [3.05, 3.63) is 182 Å². The number of hydrogen-bond donors (Lipinski definition) is 0. The van der Waals surface area contributed by atoms with Gasteiger partial charge in [0, 0.05) is 10.8 Å². The molecule has 0 saturated carbocycles. The van der Waals surface area contributed by atoms with E-state index in [1.54, 1.807) is 0 Å². The largest absolute Gasteiger partial charge is 0.456 e. The summed E-state index contributed by atoms with van der Waals surface area (Å²) in [6.07, 6.45) is 0. The molecular formula is C48H30O. The Morgan fingerprint density at radius 1 is 0.347 bits per heavy atom. The van der Waals surface area contributed by atoms with Crippen molar-refractivity contribution in [2.45, 2.75) is 0 Å². The molecular weight excluding hydrogens is 593 g/mol. The van der Waals surface area contributed by atoms with E-state index >= 15 is 0 Å². The Kier molecular flexibility index (Phi) is 5.02. The monoisotopic (exact) mass is 628 g/mol. The Morgan fingerprint density at radius 3 is 1.59 bits per heavy atom. The van der Waals surface area contributed by atoms with E-state index in [9.17, 15) is 5.48 Å². The lowest BCUT2D eigenvalue weighted by atomic mass is 9.83. The Morgan fingerprint density at radius 2 is 0.918 bits per heavy atom. The molecule has 1 heteroatoms. The van der Waals surface area contributed by atoms with E-state index in [-0.39, 0.29) is 40.5 Å². The van der Waals surface area contributed by atoms with Crippen LogP contribution in [0.5, 0.6) is 0 Å². The van der Waals surface area contributed by atoms with E-state index in [0.717, 1.165) is 49.2 Å². The highest BCUT2D eigenvalue weighted by Crippen LogP contribution is 2.47. The first kappa shape index (κ1) is 22.2. The number of hydrogen-bond acceptors (Lipinski definition) is 1. The van der Waals surface area contributed by atoms with Gasteiger partial charge in [0.2, 0.25) is 0 Å². The summed E-state index contributed by atoms with van der Waals surface area (Å²) in [5.74, 6) is 0. The minimum absolute atomic E-state index is 0.120. The molecule has 0 radical (unpaired) electrons. The van der Waals surface area contributed by atoms with Crippen molar-refractivity contribution in [2.24, 2.45) is 0 Å². The van der Waals surface area contributed by atoms with Crippen LogP contribution in [0.2, 0.25) is 0 Å². The molecule has 0 bridgehead atoms. The molecule has 1 nitrogen and oxygen atoms in total. The van der Waals surface area contributed by atoms with Crippen LogP contribution in [0.15, 0.2) is 186 Å². The van der Waals surface area contributed by atoms with Crippen LogP contribution in [0.4, 0.5) is 0 Å². The molecule has 10 rings (SSSR count). The van der Waals surface area contributed by atoms with Gasteiger partial charge in [-0.15, -0.1) is 0 Å². The number of furan rings is 1. The molecule has 0 spiro atoms. The van der Waals surface area contributed by atoms with E-state index in [4.69, 9.17) is 7.16 Å². The molecule has 0 aliphatic rings. The van der Waals surface area contributed by atoms with E-state index < -0.39 is 12.1 Å². The lowest BCUT2D eigenvalue weighted by Gasteiger charge is -2.19. The predicted octanol–water partition coefficient (Wildman–Crippen LogP) is 13.7. The van der Waals surface area contributed by atoms with Gasteiger partial charge in [-0.05, 0) is 95.0 Å². The molecule has 228 valence electrons. The lowest BCUT2D eigenvalue weighted by molar-refractivity contribution is 0.669. The third-order valence-corrected chi connectivity index (χ3v) is 9.62. The zero-order valence-electron chi connectivity index (χ0n) is 32.3. The molecule has 0 aliphatic heterocycles. The number of rotatable bonds is 4. The maximum Gasteiger partial charge on any atom is 0.136 e.